The summed E-state index contributed by atoms with van der Waals surface area (Å²) in [7, 11) is 0. The van der Waals surface area contributed by atoms with E-state index in [4.69, 9.17) is 9.47 Å². The van der Waals surface area contributed by atoms with Crippen LogP contribution in [0.2, 0.25) is 0 Å². The van der Waals surface area contributed by atoms with Gasteiger partial charge in [-0.15, -0.1) is 0 Å². The maximum Gasteiger partial charge on any atom is 0.255 e. The fraction of sp³-hybridized carbons (Fsp3) is 0.174. The topological polar surface area (TPSA) is 47.6 Å². The van der Waals surface area contributed by atoms with Crippen molar-refractivity contribution in [1.29, 1.82) is 0 Å². The third kappa shape index (κ3) is 5.10. The number of ether oxygens (including phenoxy) is 2. The van der Waals surface area contributed by atoms with Crippen LogP contribution in [0.5, 0.6) is 11.5 Å². The van der Waals surface area contributed by atoms with E-state index in [0.717, 1.165) is 16.9 Å². The van der Waals surface area contributed by atoms with Gasteiger partial charge in [0.05, 0.1) is 6.61 Å². The predicted octanol–water partition coefficient (Wildman–Crippen LogP) is 5.36. The van der Waals surface area contributed by atoms with Gasteiger partial charge in [0.1, 0.15) is 23.9 Å². The van der Waals surface area contributed by atoms with Crippen LogP contribution in [0.15, 0.2) is 66.7 Å². The maximum absolute atomic E-state index is 13.3. The smallest absolute Gasteiger partial charge is 0.255 e. The number of carbonyl (C=O) groups is 1. The Morgan fingerprint density at radius 2 is 1.79 bits per heavy atom. The van der Waals surface area contributed by atoms with Crippen molar-refractivity contribution in [3.05, 3.63) is 89.2 Å². The Labute approximate surface area is 163 Å². The molecule has 0 atom stereocenters. The first kappa shape index (κ1) is 19.4. The number of halogens is 1. The summed E-state index contributed by atoms with van der Waals surface area (Å²) >= 11 is 0. The van der Waals surface area contributed by atoms with Gasteiger partial charge >= 0.3 is 0 Å². The number of hydrogen-bond acceptors (Lipinski definition) is 3. The van der Waals surface area contributed by atoms with Gasteiger partial charge < -0.3 is 14.8 Å². The van der Waals surface area contributed by atoms with Gasteiger partial charge in [-0.25, -0.2) is 4.39 Å². The van der Waals surface area contributed by atoms with Gasteiger partial charge in [0, 0.05) is 16.8 Å². The van der Waals surface area contributed by atoms with Gasteiger partial charge in [-0.3, -0.25) is 4.79 Å². The summed E-state index contributed by atoms with van der Waals surface area (Å²) in [6.07, 6.45) is 0. The van der Waals surface area contributed by atoms with Crippen molar-refractivity contribution in [3.63, 3.8) is 0 Å². The number of benzene rings is 3. The molecule has 0 unspecified atom stereocenters. The molecule has 28 heavy (non-hydrogen) atoms. The standard InChI is InChI=1S/C23H22FNO3/c1-3-27-22-12-9-17(23(26)25-20-6-4-5-19(24)14-20)13-18(22)15-28-21-10-7-16(2)8-11-21/h4-14H,3,15H2,1-2H3,(H,25,26). The van der Waals surface area contributed by atoms with Crippen LogP contribution in [-0.2, 0) is 6.61 Å². The number of amides is 1. The Kier molecular flexibility index (Phi) is 6.27. The van der Waals surface area contributed by atoms with Crippen LogP contribution in [0.1, 0.15) is 28.4 Å². The summed E-state index contributed by atoms with van der Waals surface area (Å²) < 4.78 is 24.8. The molecule has 0 saturated carbocycles. The van der Waals surface area contributed by atoms with Gasteiger partial charge in [0.15, 0.2) is 0 Å². The lowest BCUT2D eigenvalue weighted by atomic mass is 10.1. The fourth-order valence-corrected chi connectivity index (χ4v) is 2.69. The van der Waals surface area contributed by atoms with E-state index in [9.17, 15) is 9.18 Å². The zero-order valence-corrected chi connectivity index (χ0v) is 15.9. The summed E-state index contributed by atoms with van der Waals surface area (Å²) in [5.74, 6) is 0.668. The predicted molar refractivity (Wildman–Crippen MR) is 107 cm³/mol. The molecule has 0 bridgehead atoms. The molecular weight excluding hydrogens is 357 g/mol. The number of rotatable bonds is 7. The van der Waals surface area contributed by atoms with Gasteiger partial charge in [-0.05, 0) is 62.4 Å². The molecule has 0 fully saturated rings. The number of anilines is 1. The second-order valence-corrected chi connectivity index (χ2v) is 6.32. The Balaban J connectivity index is 1.77. The molecule has 3 aromatic rings. The van der Waals surface area contributed by atoms with Crippen LogP contribution in [0.25, 0.3) is 0 Å². The molecule has 3 aromatic carbocycles. The van der Waals surface area contributed by atoms with Crippen LogP contribution in [0, 0.1) is 12.7 Å². The van der Waals surface area contributed by atoms with E-state index < -0.39 is 5.82 Å². The number of nitrogens with one attached hydrogen (secondary N) is 1. The molecule has 0 radical (unpaired) electrons. The van der Waals surface area contributed by atoms with Crippen molar-refractivity contribution in [3.8, 4) is 11.5 Å². The first-order valence-corrected chi connectivity index (χ1v) is 9.07. The summed E-state index contributed by atoms with van der Waals surface area (Å²) in [6, 6.07) is 18.7. The SMILES string of the molecule is CCOc1ccc(C(=O)Nc2cccc(F)c2)cc1COc1ccc(C)cc1. The number of aryl methyl sites for hydroxylation is 1. The zero-order chi connectivity index (χ0) is 19.9. The Morgan fingerprint density at radius 1 is 1.00 bits per heavy atom. The minimum atomic E-state index is -0.406. The van der Waals surface area contributed by atoms with Crippen molar-refractivity contribution in [2.45, 2.75) is 20.5 Å². The molecule has 144 valence electrons. The molecule has 4 nitrogen and oxygen atoms in total. The first-order chi connectivity index (χ1) is 13.5. The highest BCUT2D eigenvalue weighted by Gasteiger charge is 2.12. The molecule has 0 aromatic heterocycles. The fourth-order valence-electron chi connectivity index (χ4n) is 2.69. The van der Waals surface area contributed by atoms with Crippen molar-refractivity contribution in [2.24, 2.45) is 0 Å². The highest BCUT2D eigenvalue weighted by atomic mass is 19.1. The van der Waals surface area contributed by atoms with Crippen LogP contribution in [0.4, 0.5) is 10.1 Å². The second kappa shape index (κ2) is 9.04. The minimum Gasteiger partial charge on any atom is -0.493 e. The van der Waals surface area contributed by atoms with E-state index in [2.05, 4.69) is 5.32 Å². The zero-order valence-electron chi connectivity index (χ0n) is 15.9. The van der Waals surface area contributed by atoms with E-state index in [1.54, 1.807) is 30.3 Å². The maximum atomic E-state index is 13.3. The summed E-state index contributed by atoms with van der Waals surface area (Å²) in [5.41, 5.74) is 2.75. The van der Waals surface area contributed by atoms with Crippen molar-refractivity contribution < 1.29 is 18.7 Å². The molecule has 0 spiro atoms. The van der Waals surface area contributed by atoms with E-state index in [-0.39, 0.29) is 12.5 Å². The normalized spacial score (nSPS) is 10.4. The molecule has 0 aliphatic rings. The van der Waals surface area contributed by atoms with E-state index in [1.165, 1.54) is 12.1 Å². The molecule has 0 heterocycles. The Hall–Kier alpha value is -3.34. The van der Waals surface area contributed by atoms with Crippen molar-refractivity contribution >= 4 is 11.6 Å². The van der Waals surface area contributed by atoms with E-state index in [1.807, 2.05) is 38.1 Å². The highest BCUT2D eigenvalue weighted by Crippen LogP contribution is 2.24. The number of carbonyl (C=O) groups excluding carboxylic acids is 1. The van der Waals surface area contributed by atoms with Crippen LogP contribution < -0.4 is 14.8 Å². The monoisotopic (exact) mass is 379 g/mol. The molecule has 5 heteroatoms. The lowest BCUT2D eigenvalue weighted by Crippen LogP contribution is -2.13. The van der Waals surface area contributed by atoms with Gasteiger partial charge in [-0.1, -0.05) is 23.8 Å². The highest BCUT2D eigenvalue weighted by molar-refractivity contribution is 6.04. The van der Waals surface area contributed by atoms with E-state index in [0.29, 0.717) is 23.6 Å². The lowest BCUT2D eigenvalue weighted by Gasteiger charge is -2.14. The van der Waals surface area contributed by atoms with Crippen LogP contribution >= 0.6 is 0 Å². The lowest BCUT2D eigenvalue weighted by molar-refractivity contribution is 0.102. The van der Waals surface area contributed by atoms with Gasteiger partial charge in [0.2, 0.25) is 0 Å². The Bertz CT molecular complexity index is 954. The minimum absolute atomic E-state index is 0.263. The number of hydrogen-bond donors (Lipinski definition) is 1. The molecule has 0 saturated heterocycles. The van der Waals surface area contributed by atoms with Crippen LogP contribution in [0.3, 0.4) is 0 Å². The molecule has 0 aliphatic heterocycles. The molecule has 3 rings (SSSR count). The van der Waals surface area contributed by atoms with Crippen molar-refractivity contribution in [1.82, 2.24) is 0 Å². The van der Waals surface area contributed by atoms with Crippen LogP contribution in [-0.4, -0.2) is 12.5 Å². The largest absolute Gasteiger partial charge is 0.493 e. The first-order valence-electron chi connectivity index (χ1n) is 9.07. The Morgan fingerprint density at radius 3 is 2.50 bits per heavy atom. The molecular formula is C23H22FNO3. The van der Waals surface area contributed by atoms with Gasteiger partial charge in [0.25, 0.3) is 5.91 Å². The van der Waals surface area contributed by atoms with Crippen molar-refractivity contribution in [2.75, 3.05) is 11.9 Å². The van der Waals surface area contributed by atoms with Gasteiger partial charge in [-0.2, -0.15) is 0 Å². The summed E-state index contributed by atoms with van der Waals surface area (Å²) in [6.45, 7) is 4.68. The molecule has 1 N–H and O–H groups in total. The summed E-state index contributed by atoms with van der Waals surface area (Å²) in [5, 5.41) is 2.70. The molecule has 1 amide bonds. The quantitative estimate of drug-likeness (QED) is 0.601. The third-order valence-electron chi connectivity index (χ3n) is 4.12. The van der Waals surface area contributed by atoms with E-state index >= 15 is 0 Å². The average Bonchev–Trinajstić information content (AvgIpc) is 2.68. The third-order valence-corrected chi connectivity index (χ3v) is 4.12. The second-order valence-electron chi connectivity index (χ2n) is 6.32. The summed E-state index contributed by atoms with van der Waals surface area (Å²) in [4.78, 5) is 12.5. The average molecular weight is 379 g/mol. The molecule has 0 aliphatic carbocycles.